The van der Waals surface area contributed by atoms with E-state index in [1.165, 1.54) is 22.3 Å². The molecule has 0 atom stereocenters. The number of nitrogens with one attached hydrogen (secondary N) is 1. The van der Waals surface area contributed by atoms with Crippen LogP contribution in [0.1, 0.15) is 0 Å². The third kappa shape index (κ3) is 2.52. The Morgan fingerprint density at radius 2 is 2.26 bits per heavy atom. The Balaban J connectivity index is 1.72. The number of nitrogens with zero attached hydrogens (tertiary/aromatic N) is 4. The van der Waals surface area contributed by atoms with E-state index in [9.17, 15) is 4.79 Å². The molecular formula is C11H10N6OS. The van der Waals surface area contributed by atoms with Gasteiger partial charge in [0, 0.05) is 0 Å². The maximum Gasteiger partial charge on any atom is 0.249 e. The average molecular weight is 274 g/mol. The second-order valence-corrected chi connectivity index (χ2v) is 4.87. The highest BCUT2D eigenvalue weighted by molar-refractivity contribution is 7.22. The quantitative estimate of drug-likeness (QED) is 0.745. The van der Waals surface area contributed by atoms with Crippen LogP contribution < -0.4 is 11.1 Å². The zero-order chi connectivity index (χ0) is 13.2. The zero-order valence-electron chi connectivity index (χ0n) is 9.78. The number of thiazole rings is 1. The van der Waals surface area contributed by atoms with E-state index < -0.39 is 0 Å². The molecular weight excluding hydrogens is 264 g/mol. The summed E-state index contributed by atoms with van der Waals surface area (Å²) in [6.07, 6.45) is 1.39. The van der Waals surface area contributed by atoms with Crippen LogP contribution in [0.25, 0.3) is 10.2 Å². The van der Waals surface area contributed by atoms with E-state index in [0.29, 0.717) is 5.13 Å². The van der Waals surface area contributed by atoms with Gasteiger partial charge in [-0.05, 0) is 12.1 Å². The first-order chi connectivity index (χ1) is 9.20. The summed E-state index contributed by atoms with van der Waals surface area (Å²) in [4.78, 5) is 17.3. The predicted octanol–water partition coefficient (Wildman–Crippen LogP) is 1.11. The molecule has 2 aromatic heterocycles. The number of benzene rings is 1. The highest BCUT2D eigenvalue weighted by Crippen LogP contribution is 2.25. The van der Waals surface area contributed by atoms with Crippen molar-refractivity contribution in [2.24, 2.45) is 0 Å². The molecule has 3 rings (SSSR count). The topological polar surface area (TPSA) is 98.7 Å². The largest absolute Gasteiger partial charge is 0.381 e. The third-order valence-electron chi connectivity index (χ3n) is 2.38. The van der Waals surface area contributed by atoms with E-state index >= 15 is 0 Å². The van der Waals surface area contributed by atoms with Crippen LogP contribution >= 0.6 is 11.3 Å². The van der Waals surface area contributed by atoms with Crippen molar-refractivity contribution in [2.45, 2.75) is 6.54 Å². The normalized spacial score (nSPS) is 10.7. The summed E-state index contributed by atoms with van der Waals surface area (Å²) in [5.41, 5.74) is 6.29. The summed E-state index contributed by atoms with van der Waals surface area (Å²) < 4.78 is 1.03. The van der Waals surface area contributed by atoms with Crippen LogP contribution in [0, 0.1) is 0 Å². The van der Waals surface area contributed by atoms with Gasteiger partial charge in [-0.3, -0.25) is 4.79 Å². The number of fused-ring (bicyclic) bond motifs is 1. The molecule has 3 N–H and O–H groups in total. The fraction of sp³-hybridized carbons (Fsp3) is 0.0909. The van der Waals surface area contributed by atoms with Crippen LogP contribution in [0.2, 0.25) is 0 Å². The van der Waals surface area contributed by atoms with Gasteiger partial charge in [-0.15, -0.1) is 5.10 Å². The number of aromatic nitrogens is 4. The van der Waals surface area contributed by atoms with Crippen LogP contribution in [0.3, 0.4) is 0 Å². The van der Waals surface area contributed by atoms with Crippen molar-refractivity contribution in [1.29, 1.82) is 0 Å². The van der Waals surface area contributed by atoms with Crippen molar-refractivity contribution < 1.29 is 4.79 Å². The number of amides is 1. The molecule has 0 unspecified atom stereocenters. The predicted molar refractivity (Wildman–Crippen MR) is 72.7 cm³/mol. The standard InChI is InChI=1S/C11H10N6OS/c12-9-5-13-17(16-9)6-10(18)15-11-14-7-3-1-2-4-8(7)19-11/h1-5H,6H2,(H2,12,16)(H,14,15,18). The molecule has 0 aliphatic rings. The van der Waals surface area contributed by atoms with Crippen LogP contribution in [-0.2, 0) is 11.3 Å². The summed E-state index contributed by atoms with van der Waals surface area (Å²) in [7, 11) is 0. The molecule has 8 heteroatoms. The van der Waals surface area contributed by atoms with Crippen molar-refractivity contribution in [1.82, 2.24) is 20.0 Å². The van der Waals surface area contributed by atoms with Gasteiger partial charge in [0.1, 0.15) is 6.54 Å². The van der Waals surface area contributed by atoms with Gasteiger partial charge in [0.05, 0.1) is 16.4 Å². The second kappa shape index (κ2) is 4.65. The lowest BCUT2D eigenvalue weighted by molar-refractivity contribution is -0.117. The highest BCUT2D eigenvalue weighted by Gasteiger charge is 2.09. The van der Waals surface area contributed by atoms with Gasteiger partial charge in [0.15, 0.2) is 10.9 Å². The molecule has 0 aliphatic carbocycles. The lowest BCUT2D eigenvalue weighted by Crippen LogP contribution is -2.20. The summed E-state index contributed by atoms with van der Waals surface area (Å²) >= 11 is 1.42. The number of para-hydroxylation sites is 1. The first kappa shape index (κ1) is 11.6. The lowest BCUT2D eigenvalue weighted by atomic mass is 10.3. The fourth-order valence-electron chi connectivity index (χ4n) is 1.60. The first-order valence-electron chi connectivity index (χ1n) is 5.52. The van der Waals surface area contributed by atoms with E-state index in [1.807, 2.05) is 24.3 Å². The maximum absolute atomic E-state index is 11.8. The molecule has 1 aromatic carbocycles. The van der Waals surface area contributed by atoms with Crippen LogP contribution in [-0.4, -0.2) is 25.9 Å². The van der Waals surface area contributed by atoms with Gasteiger partial charge in [-0.25, -0.2) is 4.98 Å². The molecule has 0 bridgehead atoms. The van der Waals surface area contributed by atoms with Gasteiger partial charge in [-0.2, -0.15) is 9.90 Å². The number of rotatable bonds is 3. The molecule has 3 aromatic rings. The molecule has 1 amide bonds. The molecule has 0 aliphatic heterocycles. The van der Waals surface area contributed by atoms with Gasteiger partial charge in [0.2, 0.25) is 5.91 Å². The van der Waals surface area contributed by atoms with E-state index in [1.54, 1.807) is 0 Å². The Morgan fingerprint density at radius 1 is 1.42 bits per heavy atom. The Hall–Kier alpha value is -2.48. The summed E-state index contributed by atoms with van der Waals surface area (Å²) in [6.45, 7) is 0.00707. The summed E-state index contributed by atoms with van der Waals surface area (Å²) in [5, 5.41) is 11.0. The number of hydrogen-bond acceptors (Lipinski definition) is 6. The van der Waals surface area contributed by atoms with Gasteiger partial charge < -0.3 is 11.1 Å². The summed E-state index contributed by atoms with van der Waals surface area (Å²) in [5.74, 6) is 0.0439. The Labute approximate surface area is 112 Å². The Kier molecular flexibility index (Phi) is 2.84. The number of hydrogen-bond donors (Lipinski definition) is 2. The molecule has 7 nitrogen and oxygen atoms in total. The SMILES string of the molecule is Nc1cnn(CC(=O)Nc2nc3ccccc3s2)n1. The van der Waals surface area contributed by atoms with E-state index in [4.69, 9.17) is 5.73 Å². The fourth-order valence-corrected chi connectivity index (χ4v) is 2.48. The smallest absolute Gasteiger partial charge is 0.249 e. The zero-order valence-corrected chi connectivity index (χ0v) is 10.6. The number of carbonyl (C=O) groups excluding carboxylic acids is 1. The molecule has 0 spiro atoms. The number of carbonyl (C=O) groups is 1. The van der Waals surface area contributed by atoms with Crippen molar-refractivity contribution in [3.05, 3.63) is 30.5 Å². The third-order valence-corrected chi connectivity index (χ3v) is 3.33. The van der Waals surface area contributed by atoms with Crippen molar-refractivity contribution >= 4 is 38.4 Å². The highest BCUT2D eigenvalue weighted by atomic mass is 32.1. The van der Waals surface area contributed by atoms with Crippen LogP contribution in [0.15, 0.2) is 30.5 Å². The molecule has 96 valence electrons. The van der Waals surface area contributed by atoms with Crippen molar-refractivity contribution in [3.63, 3.8) is 0 Å². The van der Waals surface area contributed by atoms with Gasteiger partial charge in [0.25, 0.3) is 0 Å². The van der Waals surface area contributed by atoms with E-state index in [0.717, 1.165) is 10.2 Å². The summed E-state index contributed by atoms with van der Waals surface area (Å²) in [6, 6.07) is 7.70. The van der Waals surface area contributed by atoms with Crippen molar-refractivity contribution in [2.75, 3.05) is 11.1 Å². The first-order valence-corrected chi connectivity index (χ1v) is 6.33. The number of nitrogen functional groups attached to an aromatic ring is 1. The molecule has 19 heavy (non-hydrogen) atoms. The number of anilines is 2. The van der Waals surface area contributed by atoms with Gasteiger partial charge >= 0.3 is 0 Å². The molecule has 0 fully saturated rings. The minimum Gasteiger partial charge on any atom is -0.381 e. The molecule has 2 heterocycles. The van der Waals surface area contributed by atoms with Crippen LogP contribution in [0.4, 0.5) is 10.9 Å². The van der Waals surface area contributed by atoms with Gasteiger partial charge in [-0.1, -0.05) is 23.5 Å². The minimum atomic E-state index is -0.241. The number of nitrogens with two attached hydrogens (primary N) is 1. The lowest BCUT2D eigenvalue weighted by Gasteiger charge is -1.99. The van der Waals surface area contributed by atoms with E-state index in [2.05, 4.69) is 20.5 Å². The Morgan fingerprint density at radius 3 is 3.00 bits per heavy atom. The second-order valence-electron chi connectivity index (χ2n) is 3.83. The van der Waals surface area contributed by atoms with Crippen LogP contribution in [0.5, 0.6) is 0 Å². The monoisotopic (exact) mass is 274 g/mol. The average Bonchev–Trinajstić information content (AvgIpc) is 2.94. The minimum absolute atomic E-state index is 0.00707. The van der Waals surface area contributed by atoms with Crippen molar-refractivity contribution in [3.8, 4) is 0 Å². The molecule has 0 radical (unpaired) electrons. The van der Waals surface area contributed by atoms with E-state index in [-0.39, 0.29) is 18.3 Å². The molecule has 0 saturated carbocycles. The molecule has 0 saturated heterocycles. The maximum atomic E-state index is 11.8. The Bertz CT molecular complexity index is 700.